The summed E-state index contributed by atoms with van der Waals surface area (Å²) < 4.78 is 5.74. The molecule has 0 bridgehead atoms. The minimum absolute atomic E-state index is 0.0120. The molecule has 1 aromatic rings. The highest BCUT2D eigenvalue weighted by atomic mass is 32.1. The summed E-state index contributed by atoms with van der Waals surface area (Å²) in [6.07, 6.45) is 7.29. The highest BCUT2D eigenvalue weighted by molar-refractivity contribution is 7.13. The molecule has 1 aliphatic carbocycles. The average Bonchev–Trinajstić information content (AvgIpc) is 2.99. The Bertz CT molecular complexity index is 600. The van der Waals surface area contributed by atoms with Gasteiger partial charge in [0.05, 0.1) is 25.2 Å². The van der Waals surface area contributed by atoms with Gasteiger partial charge in [0.25, 0.3) is 0 Å². The van der Waals surface area contributed by atoms with E-state index in [0.29, 0.717) is 5.13 Å². The molecule has 0 saturated heterocycles. The van der Waals surface area contributed by atoms with Gasteiger partial charge in [-0.1, -0.05) is 18.6 Å². The van der Waals surface area contributed by atoms with E-state index in [0.717, 1.165) is 19.3 Å². The van der Waals surface area contributed by atoms with E-state index >= 15 is 0 Å². The predicted octanol–water partition coefficient (Wildman–Crippen LogP) is 1.07. The Morgan fingerprint density at radius 2 is 2.21 bits per heavy atom. The number of carbonyl (C=O) groups is 2. The first-order valence-electron chi connectivity index (χ1n) is 8.10. The summed E-state index contributed by atoms with van der Waals surface area (Å²) in [7, 11) is 0. The van der Waals surface area contributed by atoms with Crippen LogP contribution in [0.25, 0.3) is 0 Å². The third-order valence-corrected chi connectivity index (χ3v) is 5.00. The molecule has 1 fully saturated rings. The molecule has 3 rings (SSSR count). The Hall–Kier alpha value is -1.77. The van der Waals surface area contributed by atoms with Gasteiger partial charge in [0.1, 0.15) is 6.10 Å². The van der Waals surface area contributed by atoms with Gasteiger partial charge < -0.3 is 20.5 Å². The lowest BCUT2D eigenvalue weighted by Gasteiger charge is -2.33. The van der Waals surface area contributed by atoms with Crippen LogP contribution in [0.15, 0.2) is 23.7 Å². The highest BCUT2D eigenvalue weighted by Crippen LogP contribution is 2.27. The van der Waals surface area contributed by atoms with Crippen molar-refractivity contribution in [3.63, 3.8) is 0 Å². The average molecular weight is 351 g/mol. The lowest BCUT2D eigenvalue weighted by molar-refractivity contribution is -0.131. The van der Waals surface area contributed by atoms with E-state index in [4.69, 9.17) is 4.74 Å². The molecule has 3 atom stereocenters. The second kappa shape index (κ2) is 7.87. The molecule has 7 nitrogen and oxygen atoms in total. The Morgan fingerprint density at radius 3 is 2.83 bits per heavy atom. The SMILES string of the molecule is O=C(C[C@@H]1C=C[C@@H](NC(=O)C2CCC2)[C@H](CO)O1)Nc1nccs1. The van der Waals surface area contributed by atoms with Crippen LogP contribution in [0.3, 0.4) is 0 Å². The van der Waals surface area contributed by atoms with Gasteiger partial charge in [-0.25, -0.2) is 4.98 Å². The number of thiazole rings is 1. The normalized spacial score (nSPS) is 26.6. The maximum atomic E-state index is 12.0. The van der Waals surface area contributed by atoms with Crippen LogP contribution < -0.4 is 10.6 Å². The molecule has 0 spiro atoms. The Morgan fingerprint density at radius 1 is 1.38 bits per heavy atom. The number of aromatic nitrogens is 1. The number of hydrogen-bond donors (Lipinski definition) is 3. The van der Waals surface area contributed by atoms with Crippen LogP contribution >= 0.6 is 11.3 Å². The number of nitrogens with zero attached hydrogens (tertiary/aromatic N) is 1. The monoisotopic (exact) mass is 351 g/mol. The van der Waals surface area contributed by atoms with Crippen molar-refractivity contribution in [3.05, 3.63) is 23.7 Å². The van der Waals surface area contributed by atoms with Crippen LogP contribution in [0.4, 0.5) is 5.13 Å². The maximum Gasteiger partial charge on any atom is 0.229 e. The van der Waals surface area contributed by atoms with E-state index in [1.54, 1.807) is 17.7 Å². The molecule has 130 valence electrons. The van der Waals surface area contributed by atoms with Crippen LogP contribution in [0.1, 0.15) is 25.7 Å². The van der Waals surface area contributed by atoms with Gasteiger partial charge in [0.15, 0.2) is 5.13 Å². The number of aliphatic hydroxyl groups excluding tert-OH is 1. The molecule has 0 radical (unpaired) electrons. The third-order valence-electron chi connectivity index (χ3n) is 4.31. The number of anilines is 1. The lowest BCUT2D eigenvalue weighted by atomic mass is 9.84. The molecular formula is C16H21N3O4S. The van der Waals surface area contributed by atoms with Crippen molar-refractivity contribution >= 4 is 28.3 Å². The minimum atomic E-state index is -0.545. The Labute approximate surface area is 144 Å². The summed E-state index contributed by atoms with van der Waals surface area (Å²) >= 11 is 1.35. The zero-order chi connectivity index (χ0) is 16.9. The lowest BCUT2D eigenvalue weighted by Crippen LogP contribution is -2.51. The van der Waals surface area contributed by atoms with E-state index in [1.165, 1.54) is 11.3 Å². The topological polar surface area (TPSA) is 101 Å². The molecule has 2 aliphatic rings. The van der Waals surface area contributed by atoms with E-state index < -0.39 is 12.2 Å². The maximum absolute atomic E-state index is 12.0. The number of carbonyl (C=O) groups excluding carboxylic acids is 2. The van der Waals surface area contributed by atoms with Crippen molar-refractivity contribution in [1.82, 2.24) is 10.3 Å². The van der Waals surface area contributed by atoms with Crippen LogP contribution in [-0.2, 0) is 14.3 Å². The van der Waals surface area contributed by atoms with Crippen molar-refractivity contribution in [3.8, 4) is 0 Å². The Kier molecular flexibility index (Phi) is 5.60. The largest absolute Gasteiger partial charge is 0.394 e. The molecule has 1 aromatic heterocycles. The first-order chi connectivity index (χ1) is 11.7. The van der Waals surface area contributed by atoms with E-state index in [9.17, 15) is 14.7 Å². The molecule has 0 unspecified atom stereocenters. The molecule has 0 aromatic carbocycles. The van der Waals surface area contributed by atoms with E-state index in [2.05, 4.69) is 15.6 Å². The number of amides is 2. The zero-order valence-corrected chi connectivity index (χ0v) is 14.0. The minimum Gasteiger partial charge on any atom is -0.394 e. The van der Waals surface area contributed by atoms with Crippen molar-refractivity contribution in [2.24, 2.45) is 5.92 Å². The molecule has 1 aliphatic heterocycles. The molecule has 2 heterocycles. The van der Waals surface area contributed by atoms with Gasteiger partial charge >= 0.3 is 0 Å². The fraction of sp³-hybridized carbons (Fsp3) is 0.562. The standard InChI is InChI=1S/C16H21N3O4S/c20-9-13-12(18-15(22)10-2-1-3-10)5-4-11(23-13)8-14(21)19-16-17-6-7-24-16/h4-7,10-13,20H,1-3,8-9H2,(H,18,22)(H,17,19,21)/t11-,12+,13-/m0/s1. The highest BCUT2D eigenvalue weighted by Gasteiger charge is 2.32. The smallest absolute Gasteiger partial charge is 0.229 e. The van der Waals surface area contributed by atoms with Crippen LogP contribution in [0.5, 0.6) is 0 Å². The fourth-order valence-corrected chi connectivity index (χ4v) is 3.27. The summed E-state index contributed by atoms with van der Waals surface area (Å²) in [4.78, 5) is 28.0. The summed E-state index contributed by atoms with van der Waals surface area (Å²) in [5.74, 6) is -0.106. The molecule has 1 saturated carbocycles. The third kappa shape index (κ3) is 4.19. The predicted molar refractivity (Wildman–Crippen MR) is 89.5 cm³/mol. The van der Waals surface area contributed by atoms with Gasteiger partial charge in [-0.15, -0.1) is 11.3 Å². The van der Waals surface area contributed by atoms with Crippen molar-refractivity contribution < 1.29 is 19.4 Å². The van der Waals surface area contributed by atoms with E-state index in [1.807, 2.05) is 6.08 Å². The van der Waals surface area contributed by atoms with Crippen molar-refractivity contribution in [2.45, 2.75) is 43.9 Å². The first-order valence-corrected chi connectivity index (χ1v) is 8.98. The fourth-order valence-electron chi connectivity index (χ4n) is 2.73. The number of nitrogens with one attached hydrogen (secondary N) is 2. The second-order valence-electron chi connectivity index (χ2n) is 6.03. The molecule has 8 heteroatoms. The first kappa shape index (κ1) is 17.1. The quantitative estimate of drug-likeness (QED) is 0.666. The molecule has 24 heavy (non-hydrogen) atoms. The molecule has 3 N–H and O–H groups in total. The number of rotatable bonds is 6. The number of hydrogen-bond acceptors (Lipinski definition) is 6. The van der Waals surface area contributed by atoms with Crippen molar-refractivity contribution in [2.75, 3.05) is 11.9 Å². The second-order valence-corrected chi connectivity index (χ2v) is 6.93. The van der Waals surface area contributed by atoms with Crippen LogP contribution in [0, 0.1) is 5.92 Å². The summed E-state index contributed by atoms with van der Waals surface area (Å²) in [5.41, 5.74) is 0. The van der Waals surface area contributed by atoms with Crippen LogP contribution in [-0.4, -0.2) is 46.8 Å². The summed E-state index contributed by atoms with van der Waals surface area (Å²) in [5, 5.41) is 17.5. The van der Waals surface area contributed by atoms with Gasteiger partial charge in [-0.2, -0.15) is 0 Å². The van der Waals surface area contributed by atoms with Gasteiger partial charge in [-0.05, 0) is 12.8 Å². The van der Waals surface area contributed by atoms with Gasteiger partial charge in [-0.3, -0.25) is 9.59 Å². The molecular weight excluding hydrogens is 330 g/mol. The number of aliphatic hydroxyl groups is 1. The zero-order valence-electron chi connectivity index (χ0n) is 13.2. The van der Waals surface area contributed by atoms with E-state index in [-0.39, 0.29) is 36.8 Å². The van der Waals surface area contributed by atoms with Crippen molar-refractivity contribution in [1.29, 1.82) is 0 Å². The van der Waals surface area contributed by atoms with Gasteiger partial charge in [0.2, 0.25) is 11.8 Å². The van der Waals surface area contributed by atoms with Crippen LogP contribution in [0.2, 0.25) is 0 Å². The summed E-state index contributed by atoms with van der Waals surface area (Å²) in [6, 6.07) is -0.360. The Balaban J connectivity index is 1.52. The van der Waals surface area contributed by atoms with Gasteiger partial charge in [0, 0.05) is 17.5 Å². The summed E-state index contributed by atoms with van der Waals surface area (Å²) in [6.45, 7) is -0.218. The number of ether oxygens (including phenoxy) is 1. The molecule has 2 amide bonds.